The fraction of sp³-hybridized carbons (Fsp3) is 0.273. The van der Waals surface area contributed by atoms with E-state index >= 15 is 0 Å². The topological polar surface area (TPSA) is 74.6 Å². The smallest absolute Gasteiger partial charge is 0.339 e. The molecule has 0 fully saturated rings. The van der Waals surface area contributed by atoms with Gasteiger partial charge in [0.05, 0.1) is 5.56 Å². The molecule has 0 atom stereocenters. The third-order valence-corrected chi connectivity index (χ3v) is 2.04. The monoisotopic (exact) mass is 208 g/mol. The van der Waals surface area contributed by atoms with Gasteiger partial charge >= 0.3 is 5.97 Å². The van der Waals surface area contributed by atoms with Crippen LogP contribution < -0.4 is 0 Å². The zero-order chi connectivity index (χ0) is 11.4. The van der Waals surface area contributed by atoms with Crippen LogP contribution in [0.1, 0.15) is 40.5 Å². The second kappa shape index (κ2) is 4.59. The van der Waals surface area contributed by atoms with E-state index in [1.807, 2.05) is 6.92 Å². The molecule has 0 aliphatic carbocycles. The van der Waals surface area contributed by atoms with Crippen molar-refractivity contribution in [3.8, 4) is 5.75 Å². The summed E-state index contributed by atoms with van der Waals surface area (Å²) in [6.45, 7) is 1.84. The second-order valence-corrected chi connectivity index (χ2v) is 3.18. The number of Topliss-reactive ketones (excluding diaryl/α,β-unsaturated/α-hetero) is 1. The molecule has 4 heteroatoms. The van der Waals surface area contributed by atoms with E-state index in [0.29, 0.717) is 12.8 Å². The number of carbonyl (C=O) groups excluding carboxylic acids is 1. The standard InChI is InChI=1S/C11H12O4/c1-2-4-9(12)7-5-3-6-8(10(7)13)11(14)15/h3,5-6,13H,2,4H2,1H3,(H,14,15). The van der Waals surface area contributed by atoms with Crippen molar-refractivity contribution in [1.82, 2.24) is 0 Å². The van der Waals surface area contributed by atoms with Gasteiger partial charge in [0, 0.05) is 6.42 Å². The normalized spacial score (nSPS) is 9.93. The van der Waals surface area contributed by atoms with E-state index in [1.165, 1.54) is 18.2 Å². The Morgan fingerprint density at radius 1 is 1.27 bits per heavy atom. The SMILES string of the molecule is CCCC(=O)c1cccc(C(=O)O)c1O. The Hall–Kier alpha value is -1.84. The van der Waals surface area contributed by atoms with Crippen LogP contribution in [0, 0.1) is 0 Å². The van der Waals surface area contributed by atoms with E-state index in [0.717, 1.165) is 0 Å². The molecule has 0 unspecified atom stereocenters. The summed E-state index contributed by atoms with van der Waals surface area (Å²) in [6, 6.07) is 4.15. The molecule has 0 aliphatic rings. The number of phenols is 1. The first kappa shape index (κ1) is 11.2. The molecule has 0 spiro atoms. The fourth-order valence-corrected chi connectivity index (χ4v) is 1.30. The van der Waals surface area contributed by atoms with Crippen LogP contribution in [0.25, 0.3) is 0 Å². The minimum absolute atomic E-state index is 0.0803. The lowest BCUT2D eigenvalue weighted by atomic mass is 10.0. The largest absolute Gasteiger partial charge is 0.506 e. The molecule has 1 aromatic carbocycles. The summed E-state index contributed by atoms with van der Waals surface area (Å²) in [5.41, 5.74) is -0.159. The van der Waals surface area contributed by atoms with Crippen molar-refractivity contribution in [3.63, 3.8) is 0 Å². The molecule has 0 amide bonds. The Labute approximate surface area is 87.2 Å². The summed E-state index contributed by atoms with van der Waals surface area (Å²) in [7, 11) is 0. The van der Waals surface area contributed by atoms with E-state index in [2.05, 4.69) is 0 Å². The number of benzene rings is 1. The molecule has 0 heterocycles. The van der Waals surface area contributed by atoms with Gasteiger partial charge < -0.3 is 10.2 Å². The van der Waals surface area contributed by atoms with Gasteiger partial charge in [-0.25, -0.2) is 4.79 Å². The van der Waals surface area contributed by atoms with Crippen molar-refractivity contribution in [2.24, 2.45) is 0 Å². The van der Waals surface area contributed by atoms with Gasteiger partial charge in [-0.3, -0.25) is 4.79 Å². The van der Waals surface area contributed by atoms with Crippen molar-refractivity contribution in [2.75, 3.05) is 0 Å². The first-order valence-electron chi connectivity index (χ1n) is 4.66. The molecule has 0 aliphatic heterocycles. The first-order valence-corrected chi connectivity index (χ1v) is 4.66. The third-order valence-electron chi connectivity index (χ3n) is 2.04. The summed E-state index contributed by atoms with van der Waals surface area (Å²) >= 11 is 0. The predicted octanol–water partition coefficient (Wildman–Crippen LogP) is 2.07. The number of aromatic carboxylic acids is 1. The highest BCUT2D eigenvalue weighted by atomic mass is 16.4. The Morgan fingerprint density at radius 2 is 1.87 bits per heavy atom. The van der Waals surface area contributed by atoms with Crippen LogP contribution in [0.3, 0.4) is 0 Å². The van der Waals surface area contributed by atoms with Crippen LogP contribution in [0.4, 0.5) is 0 Å². The maximum Gasteiger partial charge on any atom is 0.339 e. The van der Waals surface area contributed by atoms with Crippen LogP contribution in [-0.4, -0.2) is 22.0 Å². The highest BCUT2D eigenvalue weighted by molar-refractivity contribution is 6.02. The van der Waals surface area contributed by atoms with Crippen molar-refractivity contribution >= 4 is 11.8 Å². The summed E-state index contributed by atoms with van der Waals surface area (Å²) in [4.78, 5) is 22.2. The van der Waals surface area contributed by atoms with Crippen LogP contribution in [0.15, 0.2) is 18.2 Å². The van der Waals surface area contributed by atoms with Crippen molar-refractivity contribution in [2.45, 2.75) is 19.8 Å². The van der Waals surface area contributed by atoms with E-state index in [1.54, 1.807) is 0 Å². The average Bonchev–Trinajstić information content (AvgIpc) is 2.17. The molecule has 1 rings (SSSR count). The third kappa shape index (κ3) is 2.34. The number of hydrogen-bond donors (Lipinski definition) is 2. The lowest BCUT2D eigenvalue weighted by molar-refractivity contribution is 0.0693. The van der Waals surface area contributed by atoms with Crippen LogP contribution >= 0.6 is 0 Å². The molecular formula is C11H12O4. The van der Waals surface area contributed by atoms with Crippen molar-refractivity contribution in [1.29, 1.82) is 0 Å². The van der Waals surface area contributed by atoms with Gasteiger partial charge in [0.25, 0.3) is 0 Å². The van der Waals surface area contributed by atoms with Crippen LogP contribution in [-0.2, 0) is 0 Å². The molecule has 4 nitrogen and oxygen atoms in total. The van der Waals surface area contributed by atoms with E-state index in [4.69, 9.17) is 5.11 Å². The zero-order valence-corrected chi connectivity index (χ0v) is 8.36. The maximum absolute atomic E-state index is 11.5. The summed E-state index contributed by atoms with van der Waals surface area (Å²) in [6.07, 6.45) is 0.964. The molecule has 0 saturated heterocycles. The van der Waals surface area contributed by atoms with Crippen molar-refractivity contribution in [3.05, 3.63) is 29.3 Å². The van der Waals surface area contributed by atoms with Crippen molar-refractivity contribution < 1.29 is 19.8 Å². The molecule has 2 N–H and O–H groups in total. The highest BCUT2D eigenvalue weighted by Gasteiger charge is 2.16. The number of ketones is 1. The molecule has 0 aromatic heterocycles. The van der Waals surface area contributed by atoms with Crippen LogP contribution in [0.2, 0.25) is 0 Å². The highest BCUT2D eigenvalue weighted by Crippen LogP contribution is 2.23. The Bertz CT molecular complexity index is 396. The molecule has 0 bridgehead atoms. The molecular weight excluding hydrogens is 196 g/mol. The Morgan fingerprint density at radius 3 is 2.40 bits per heavy atom. The number of aromatic hydroxyl groups is 1. The lowest BCUT2D eigenvalue weighted by Gasteiger charge is -2.05. The summed E-state index contributed by atoms with van der Waals surface area (Å²) in [5.74, 6) is -1.92. The zero-order valence-electron chi connectivity index (χ0n) is 8.36. The molecule has 15 heavy (non-hydrogen) atoms. The number of carbonyl (C=O) groups is 2. The Balaban J connectivity index is 3.15. The summed E-state index contributed by atoms with van der Waals surface area (Å²) < 4.78 is 0. The number of hydrogen-bond acceptors (Lipinski definition) is 3. The maximum atomic E-state index is 11.5. The number of carboxylic acid groups (broad SMARTS) is 1. The van der Waals surface area contributed by atoms with Gasteiger partial charge in [-0.1, -0.05) is 13.0 Å². The molecule has 0 saturated carbocycles. The second-order valence-electron chi connectivity index (χ2n) is 3.18. The van der Waals surface area contributed by atoms with Gasteiger partial charge in [-0.15, -0.1) is 0 Å². The van der Waals surface area contributed by atoms with Gasteiger partial charge in [0.15, 0.2) is 5.78 Å². The molecule has 0 radical (unpaired) electrons. The van der Waals surface area contributed by atoms with E-state index in [-0.39, 0.29) is 16.9 Å². The fourth-order valence-electron chi connectivity index (χ4n) is 1.30. The quantitative estimate of drug-likeness (QED) is 0.743. The van der Waals surface area contributed by atoms with Gasteiger partial charge in [-0.2, -0.15) is 0 Å². The Kier molecular flexibility index (Phi) is 3.44. The number of carboxylic acids is 1. The summed E-state index contributed by atoms with van der Waals surface area (Å²) in [5, 5.41) is 18.3. The van der Waals surface area contributed by atoms with Gasteiger partial charge in [0.2, 0.25) is 0 Å². The molecule has 1 aromatic rings. The minimum Gasteiger partial charge on any atom is -0.506 e. The minimum atomic E-state index is -1.24. The van der Waals surface area contributed by atoms with Gasteiger partial charge in [0.1, 0.15) is 11.3 Å². The van der Waals surface area contributed by atoms with Crippen LogP contribution in [0.5, 0.6) is 5.75 Å². The van der Waals surface area contributed by atoms with E-state index < -0.39 is 11.7 Å². The average molecular weight is 208 g/mol. The number of para-hydroxylation sites is 1. The van der Waals surface area contributed by atoms with E-state index in [9.17, 15) is 14.7 Å². The van der Waals surface area contributed by atoms with Gasteiger partial charge in [-0.05, 0) is 18.6 Å². The molecule has 80 valence electrons. The number of rotatable bonds is 4. The first-order chi connectivity index (χ1) is 7.07. The lowest BCUT2D eigenvalue weighted by Crippen LogP contribution is -2.03. The predicted molar refractivity (Wildman–Crippen MR) is 54.3 cm³/mol.